The van der Waals surface area contributed by atoms with Crippen LogP contribution in [-0.2, 0) is 0 Å². The molecule has 20 heavy (non-hydrogen) atoms. The van der Waals surface area contributed by atoms with Crippen molar-refractivity contribution in [2.45, 2.75) is 27.2 Å². The van der Waals surface area contributed by atoms with Crippen LogP contribution in [0.1, 0.15) is 25.8 Å². The van der Waals surface area contributed by atoms with Crippen LogP contribution in [0.2, 0.25) is 0 Å². The van der Waals surface area contributed by atoms with Crippen LogP contribution in [0.4, 0.5) is 10.5 Å². The molecule has 0 aliphatic rings. The quantitative estimate of drug-likeness (QED) is 0.636. The lowest BCUT2D eigenvalue weighted by atomic mass is 10.1. The van der Waals surface area contributed by atoms with Crippen molar-refractivity contribution in [2.24, 2.45) is 16.5 Å². The third-order valence-electron chi connectivity index (χ3n) is 2.70. The van der Waals surface area contributed by atoms with Crippen LogP contribution in [0.15, 0.2) is 23.2 Å². The Labute approximate surface area is 119 Å². The summed E-state index contributed by atoms with van der Waals surface area (Å²) in [7, 11) is 0. The van der Waals surface area contributed by atoms with Gasteiger partial charge in [-0.1, -0.05) is 6.92 Å². The number of anilines is 1. The largest absolute Gasteiger partial charge is 0.494 e. The van der Waals surface area contributed by atoms with Gasteiger partial charge in [0.2, 0.25) is 0 Å². The molecular weight excluding hydrogens is 256 g/mol. The summed E-state index contributed by atoms with van der Waals surface area (Å²) in [4.78, 5) is 17.0. The van der Waals surface area contributed by atoms with Gasteiger partial charge < -0.3 is 16.2 Å². The van der Waals surface area contributed by atoms with Crippen LogP contribution in [0.5, 0.6) is 5.75 Å². The fourth-order valence-electron chi connectivity index (χ4n) is 1.82. The number of carbonyl (C=O) groups excluding carboxylic acids is 1. The van der Waals surface area contributed by atoms with Crippen LogP contribution < -0.4 is 21.1 Å². The lowest BCUT2D eigenvalue weighted by molar-refractivity contribution is 0.254. The predicted molar refractivity (Wildman–Crippen MR) is 81.2 cm³/mol. The number of aryl methyl sites for hydroxylation is 1. The molecule has 0 radical (unpaired) electrons. The Morgan fingerprint density at radius 1 is 1.35 bits per heavy atom. The number of hydrogen-bond acceptors (Lipinski definition) is 2. The molecule has 0 heterocycles. The molecule has 1 aromatic carbocycles. The normalized spacial score (nSPS) is 9.95. The first-order valence-electron chi connectivity index (χ1n) is 6.64. The third kappa shape index (κ3) is 4.15. The van der Waals surface area contributed by atoms with Gasteiger partial charge in [-0.3, -0.25) is 4.90 Å². The maximum Gasteiger partial charge on any atom is 0.351 e. The molecule has 0 bridgehead atoms. The number of nitrogens with zero attached hydrogens (tertiary/aromatic N) is 2. The molecule has 2 amide bonds. The Hall–Kier alpha value is -2.24. The molecule has 0 fully saturated rings. The first-order valence-corrected chi connectivity index (χ1v) is 6.64. The van der Waals surface area contributed by atoms with Gasteiger partial charge in [0.25, 0.3) is 0 Å². The fraction of sp³-hybridized carbons (Fsp3) is 0.429. The SMILES string of the molecule is CCCOc1ccc(N(CC)C(=O)N=C(N)N)c(C)c1. The van der Waals surface area contributed by atoms with E-state index in [0.29, 0.717) is 13.2 Å². The first kappa shape index (κ1) is 15.8. The Morgan fingerprint density at radius 2 is 2.05 bits per heavy atom. The predicted octanol–water partition coefficient (Wildman–Crippen LogP) is 2.00. The Morgan fingerprint density at radius 3 is 2.55 bits per heavy atom. The number of aliphatic imine (C=N–C) groups is 1. The van der Waals surface area contributed by atoms with Crippen molar-refractivity contribution < 1.29 is 9.53 Å². The van der Waals surface area contributed by atoms with E-state index in [9.17, 15) is 4.79 Å². The number of urea groups is 1. The van der Waals surface area contributed by atoms with Gasteiger partial charge in [-0.05, 0) is 44.0 Å². The number of nitrogens with two attached hydrogens (primary N) is 2. The highest BCUT2D eigenvalue weighted by Crippen LogP contribution is 2.25. The molecule has 0 aromatic heterocycles. The van der Waals surface area contributed by atoms with Crippen molar-refractivity contribution in [3.8, 4) is 5.75 Å². The van der Waals surface area contributed by atoms with E-state index in [4.69, 9.17) is 16.2 Å². The smallest absolute Gasteiger partial charge is 0.351 e. The maximum atomic E-state index is 11.9. The molecule has 0 saturated heterocycles. The number of guanidine groups is 1. The molecule has 1 rings (SSSR count). The monoisotopic (exact) mass is 278 g/mol. The lowest BCUT2D eigenvalue weighted by Crippen LogP contribution is -2.33. The summed E-state index contributed by atoms with van der Waals surface area (Å²) >= 11 is 0. The molecule has 0 saturated carbocycles. The van der Waals surface area contributed by atoms with E-state index in [1.165, 1.54) is 4.90 Å². The summed E-state index contributed by atoms with van der Waals surface area (Å²) in [6.07, 6.45) is 0.949. The van der Waals surface area contributed by atoms with Gasteiger partial charge in [-0.25, -0.2) is 4.79 Å². The average Bonchev–Trinajstić information content (AvgIpc) is 2.38. The number of hydrogen-bond donors (Lipinski definition) is 2. The average molecular weight is 278 g/mol. The van der Waals surface area contributed by atoms with Gasteiger partial charge in [-0.15, -0.1) is 0 Å². The van der Waals surface area contributed by atoms with Gasteiger partial charge in [0.05, 0.1) is 6.61 Å². The number of rotatable bonds is 5. The summed E-state index contributed by atoms with van der Waals surface area (Å²) < 4.78 is 5.56. The number of benzene rings is 1. The van der Waals surface area contributed by atoms with Crippen LogP contribution in [0.25, 0.3) is 0 Å². The van der Waals surface area contributed by atoms with Crippen molar-refractivity contribution in [3.63, 3.8) is 0 Å². The highest BCUT2D eigenvalue weighted by Gasteiger charge is 2.15. The standard InChI is InChI=1S/C14H22N4O2/c1-4-8-20-11-6-7-12(10(3)9-11)18(5-2)14(19)17-13(15)16/h6-7,9H,4-5,8H2,1-3H3,(H4,15,16,17,19). The van der Waals surface area contributed by atoms with Crippen molar-refractivity contribution >= 4 is 17.7 Å². The minimum Gasteiger partial charge on any atom is -0.494 e. The lowest BCUT2D eigenvalue weighted by Gasteiger charge is -2.21. The fourth-order valence-corrected chi connectivity index (χ4v) is 1.82. The second kappa shape index (κ2) is 7.37. The van der Waals surface area contributed by atoms with Gasteiger partial charge in [0, 0.05) is 12.2 Å². The van der Waals surface area contributed by atoms with E-state index in [1.807, 2.05) is 39.0 Å². The Balaban J connectivity index is 2.99. The van der Waals surface area contributed by atoms with E-state index in [-0.39, 0.29) is 5.96 Å². The van der Waals surface area contributed by atoms with Crippen molar-refractivity contribution in [3.05, 3.63) is 23.8 Å². The zero-order chi connectivity index (χ0) is 15.1. The molecule has 6 nitrogen and oxygen atoms in total. The zero-order valence-corrected chi connectivity index (χ0v) is 12.2. The van der Waals surface area contributed by atoms with Gasteiger partial charge >= 0.3 is 6.03 Å². The molecular formula is C14H22N4O2. The van der Waals surface area contributed by atoms with Crippen molar-refractivity contribution in [1.29, 1.82) is 0 Å². The molecule has 6 heteroatoms. The summed E-state index contributed by atoms with van der Waals surface area (Å²) in [5.41, 5.74) is 12.2. The van der Waals surface area contributed by atoms with Gasteiger partial charge in [0.1, 0.15) is 5.75 Å². The summed E-state index contributed by atoms with van der Waals surface area (Å²) in [6, 6.07) is 5.10. The van der Waals surface area contributed by atoms with E-state index < -0.39 is 6.03 Å². The molecule has 0 spiro atoms. The summed E-state index contributed by atoms with van der Waals surface area (Å²) in [6.45, 7) is 6.98. The second-order valence-electron chi connectivity index (χ2n) is 4.36. The van der Waals surface area contributed by atoms with Gasteiger partial charge in [-0.2, -0.15) is 4.99 Å². The molecule has 1 aromatic rings. The molecule has 0 unspecified atom stereocenters. The molecule has 4 N–H and O–H groups in total. The maximum absolute atomic E-state index is 11.9. The molecule has 110 valence electrons. The van der Waals surface area contributed by atoms with Crippen LogP contribution in [0, 0.1) is 6.92 Å². The van der Waals surface area contributed by atoms with Crippen molar-refractivity contribution in [1.82, 2.24) is 0 Å². The molecule has 0 aliphatic carbocycles. The number of ether oxygens (including phenoxy) is 1. The number of amides is 2. The van der Waals surface area contributed by atoms with E-state index >= 15 is 0 Å². The van der Waals surface area contributed by atoms with Crippen LogP contribution in [-0.4, -0.2) is 25.1 Å². The van der Waals surface area contributed by atoms with Gasteiger partial charge in [0.15, 0.2) is 5.96 Å². The summed E-state index contributed by atoms with van der Waals surface area (Å²) in [5, 5.41) is 0. The van der Waals surface area contributed by atoms with E-state index in [1.54, 1.807) is 0 Å². The van der Waals surface area contributed by atoms with E-state index in [0.717, 1.165) is 23.4 Å². The molecule has 0 aliphatic heterocycles. The zero-order valence-electron chi connectivity index (χ0n) is 12.2. The minimum atomic E-state index is -0.474. The Kier molecular flexibility index (Phi) is 5.83. The highest BCUT2D eigenvalue weighted by atomic mass is 16.5. The Bertz CT molecular complexity index is 496. The topological polar surface area (TPSA) is 93.9 Å². The number of carbonyl (C=O) groups is 1. The second-order valence-corrected chi connectivity index (χ2v) is 4.36. The molecule has 0 atom stereocenters. The third-order valence-corrected chi connectivity index (χ3v) is 2.70. The van der Waals surface area contributed by atoms with Crippen LogP contribution >= 0.6 is 0 Å². The summed E-state index contributed by atoms with van der Waals surface area (Å²) in [5.74, 6) is 0.549. The van der Waals surface area contributed by atoms with Crippen LogP contribution in [0.3, 0.4) is 0 Å². The first-order chi connectivity index (χ1) is 9.49. The van der Waals surface area contributed by atoms with E-state index in [2.05, 4.69) is 4.99 Å². The highest BCUT2D eigenvalue weighted by molar-refractivity contribution is 6.00. The van der Waals surface area contributed by atoms with Crippen molar-refractivity contribution in [2.75, 3.05) is 18.1 Å². The minimum absolute atomic E-state index is 0.242.